The van der Waals surface area contributed by atoms with Crippen molar-refractivity contribution in [3.8, 4) is 0 Å². The Kier molecular flexibility index (Phi) is 22.1. The number of rotatable bonds is 23. The van der Waals surface area contributed by atoms with E-state index < -0.39 is 98.1 Å². The minimum absolute atomic E-state index is 0.0278. The van der Waals surface area contributed by atoms with Crippen LogP contribution in [0.3, 0.4) is 0 Å². The monoisotopic (exact) mass is 1120 g/mol. The van der Waals surface area contributed by atoms with E-state index in [1.54, 1.807) is 6.92 Å². The second-order valence-corrected chi connectivity index (χ2v) is 22.1. The number of Topliss-reactive ketones (excluding diaryl/α,β-unsaturated/α-hetero) is 1. The Labute approximate surface area is 475 Å². The number of carbonyl (C=O) groups is 2. The molecule has 0 spiro atoms. The summed E-state index contributed by atoms with van der Waals surface area (Å²) in [5.41, 5.74) is 24.2. The normalized spacial score (nSPS) is 34.0. The van der Waals surface area contributed by atoms with Crippen molar-refractivity contribution in [1.82, 2.24) is 4.90 Å². The summed E-state index contributed by atoms with van der Waals surface area (Å²) < 4.78 is 73.2. The highest BCUT2D eigenvalue weighted by Crippen LogP contribution is 2.43. The standard InChI is InChI=1S/C61H79N7O13/c1-36-38(3)52(42(7)69)78-57(40(36)5)81-56-51(65-67-63)59(76-44(9)55(56)80-60-54(72-32-47-26-18-12-19-27-47)39(4)37(2)49(77-60)34-71-31-46-24-16-11-17-25-46)79-53-41(6)43(8)75-58(50(53)64-66-62)74-35-68(30-45-22-14-10-15-23-45)61(70)73-33-48-28-20-13-21-29-48/h10-29,36-41,43-44,49-60H,30-35H2,1-9H3/t36-,37-,38-,39-,40?,41-,43?,44-,49?,50?,51?,52?,53-,54?,55+,56+,57-,58+,59-,60-/m0/s1. The number of amides is 1. The average molecular weight is 1120 g/mol. The number of azide groups is 2. The van der Waals surface area contributed by atoms with Crippen LogP contribution < -0.4 is 0 Å². The van der Waals surface area contributed by atoms with Crippen molar-refractivity contribution in [2.45, 2.75) is 175 Å². The van der Waals surface area contributed by atoms with Gasteiger partial charge in [0.05, 0.1) is 50.8 Å². The maximum atomic E-state index is 13.8. The summed E-state index contributed by atoms with van der Waals surface area (Å²) in [5, 5.41) is 8.55. The zero-order chi connectivity index (χ0) is 57.6. The van der Waals surface area contributed by atoms with Crippen molar-refractivity contribution in [2.75, 3.05) is 13.3 Å². The van der Waals surface area contributed by atoms with Crippen molar-refractivity contribution in [1.29, 1.82) is 0 Å². The summed E-state index contributed by atoms with van der Waals surface area (Å²) >= 11 is 0. The summed E-state index contributed by atoms with van der Waals surface area (Å²) in [4.78, 5) is 34.9. The highest BCUT2D eigenvalue weighted by atomic mass is 16.8. The third-order valence-electron chi connectivity index (χ3n) is 16.7. The van der Waals surface area contributed by atoms with E-state index in [4.69, 9.17) is 52.1 Å². The van der Waals surface area contributed by atoms with Gasteiger partial charge in [-0.2, -0.15) is 0 Å². The Morgan fingerprint density at radius 1 is 0.506 bits per heavy atom. The molecule has 0 N–H and O–H groups in total. The minimum atomic E-state index is -1.35. The number of nitrogens with zero attached hydrogens (tertiary/aromatic N) is 7. The van der Waals surface area contributed by atoms with Crippen LogP contribution in [0, 0.1) is 35.5 Å². The molecule has 81 heavy (non-hydrogen) atoms. The first-order valence-corrected chi connectivity index (χ1v) is 28.2. The van der Waals surface area contributed by atoms with Gasteiger partial charge in [-0.15, -0.1) is 0 Å². The van der Waals surface area contributed by atoms with Gasteiger partial charge >= 0.3 is 6.09 Å². The van der Waals surface area contributed by atoms with Crippen molar-refractivity contribution in [2.24, 2.45) is 45.7 Å². The molecule has 0 aromatic heterocycles. The Morgan fingerprint density at radius 3 is 1.63 bits per heavy atom. The molecule has 436 valence electrons. The molecular formula is C61H79N7O13. The second-order valence-electron chi connectivity index (χ2n) is 22.1. The lowest BCUT2D eigenvalue weighted by Crippen LogP contribution is -2.65. The van der Waals surface area contributed by atoms with Gasteiger partial charge in [-0.05, 0) is 77.8 Å². The lowest BCUT2D eigenvalue weighted by atomic mass is 9.78. The smallest absolute Gasteiger partial charge is 0.412 e. The molecule has 0 radical (unpaired) electrons. The first-order chi connectivity index (χ1) is 39.1. The van der Waals surface area contributed by atoms with Gasteiger partial charge in [-0.3, -0.25) is 9.69 Å². The van der Waals surface area contributed by atoms with Crippen LogP contribution in [0.4, 0.5) is 4.79 Å². The van der Waals surface area contributed by atoms with E-state index in [2.05, 4.69) is 40.8 Å². The molecule has 4 heterocycles. The molecule has 4 aliphatic heterocycles. The summed E-state index contributed by atoms with van der Waals surface area (Å²) in [7, 11) is 0. The molecule has 20 heteroatoms. The van der Waals surface area contributed by atoms with Crippen molar-refractivity contribution < 1.29 is 61.7 Å². The Morgan fingerprint density at radius 2 is 1.04 bits per heavy atom. The fraction of sp³-hybridized carbons (Fsp3) is 0.574. The first-order valence-electron chi connectivity index (χ1n) is 28.2. The fourth-order valence-electron chi connectivity index (χ4n) is 11.1. The minimum Gasteiger partial charge on any atom is -0.444 e. The van der Waals surface area contributed by atoms with Crippen molar-refractivity contribution in [3.05, 3.63) is 164 Å². The van der Waals surface area contributed by atoms with E-state index in [9.17, 15) is 20.7 Å². The molecule has 0 bridgehead atoms. The number of ether oxygens (including phenoxy) is 11. The highest BCUT2D eigenvalue weighted by molar-refractivity contribution is 5.80. The third-order valence-corrected chi connectivity index (χ3v) is 16.7. The lowest BCUT2D eigenvalue weighted by Gasteiger charge is -2.51. The maximum absolute atomic E-state index is 13.8. The van der Waals surface area contributed by atoms with E-state index in [-0.39, 0.29) is 68.5 Å². The van der Waals surface area contributed by atoms with Gasteiger partial charge in [0.2, 0.25) is 0 Å². The number of hydrogen-bond donors (Lipinski definition) is 0. The number of ketones is 1. The molecule has 8 rings (SSSR count). The average Bonchev–Trinajstić information content (AvgIpc) is 3.68. The number of carbonyl (C=O) groups excluding carboxylic acids is 2. The van der Waals surface area contributed by atoms with Gasteiger partial charge < -0.3 is 52.1 Å². The SMILES string of the molecule is CC(=O)C1O[C@@H](O[C@@H]2C(N=[N+]=[N-])[C@H](O[C@@H]3C(N=[N+]=[N-])[C@H](OCN(Cc4ccccc4)C(=O)OCc4ccccc4)OC(C)[C@@H]3C)O[C@@H](C)[C@H]2O[C@@H]2OC(COCc3ccccc3)[C@@H](C)[C@H](C)C2OCc2ccccc2)C(C)[C@@H](C)[C@@H]1C. The number of benzene rings is 4. The quantitative estimate of drug-likeness (QED) is 0.0291. The van der Waals surface area contributed by atoms with Crippen LogP contribution in [0.2, 0.25) is 0 Å². The van der Waals surface area contributed by atoms with Crippen LogP contribution in [-0.4, -0.2) is 116 Å². The fourth-order valence-corrected chi connectivity index (χ4v) is 11.1. The van der Waals surface area contributed by atoms with E-state index in [1.807, 2.05) is 149 Å². The molecule has 4 fully saturated rings. The van der Waals surface area contributed by atoms with Gasteiger partial charge in [-0.25, -0.2) is 4.79 Å². The Hall–Kier alpha value is -5.96. The van der Waals surface area contributed by atoms with Crippen LogP contribution in [-0.2, 0) is 83.3 Å². The number of hydrogen-bond acceptors (Lipinski definition) is 15. The molecular weight excluding hydrogens is 1040 g/mol. The molecule has 20 atom stereocenters. The Balaban J connectivity index is 1.09. The molecule has 4 aliphatic rings. The molecule has 4 saturated heterocycles. The molecule has 20 nitrogen and oxygen atoms in total. The summed E-state index contributed by atoms with van der Waals surface area (Å²) in [5.74, 6) is -1.18. The molecule has 4 aromatic carbocycles. The molecule has 7 unspecified atom stereocenters. The predicted molar refractivity (Wildman–Crippen MR) is 298 cm³/mol. The highest BCUT2D eigenvalue weighted by Gasteiger charge is 2.55. The van der Waals surface area contributed by atoms with Crippen LogP contribution in [0.25, 0.3) is 20.9 Å². The first kappa shape index (κ1) is 61.1. The molecule has 4 aromatic rings. The maximum Gasteiger partial charge on any atom is 0.412 e. The van der Waals surface area contributed by atoms with Crippen molar-refractivity contribution >= 4 is 11.9 Å². The predicted octanol–water partition coefficient (Wildman–Crippen LogP) is 11.5. The van der Waals surface area contributed by atoms with E-state index in [1.165, 1.54) is 11.8 Å². The third kappa shape index (κ3) is 15.6. The largest absolute Gasteiger partial charge is 0.444 e. The van der Waals surface area contributed by atoms with Gasteiger partial charge in [-0.1, -0.05) is 173 Å². The summed E-state index contributed by atoms with van der Waals surface area (Å²) in [6, 6.07) is 36.0. The topological polar surface area (TPSA) is 236 Å². The van der Waals surface area contributed by atoms with Gasteiger partial charge in [0.15, 0.2) is 30.9 Å². The zero-order valence-electron chi connectivity index (χ0n) is 47.8. The van der Waals surface area contributed by atoms with Crippen molar-refractivity contribution in [3.63, 3.8) is 0 Å². The molecule has 1 amide bonds. The van der Waals surface area contributed by atoms with Gasteiger partial charge in [0, 0.05) is 21.7 Å². The van der Waals surface area contributed by atoms with E-state index in [0.29, 0.717) is 6.61 Å². The summed E-state index contributed by atoms with van der Waals surface area (Å²) in [6.45, 7) is 18.0. The van der Waals surface area contributed by atoms with Crippen LogP contribution in [0.5, 0.6) is 0 Å². The van der Waals surface area contributed by atoms with Crippen LogP contribution in [0.1, 0.15) is 84.6 Å². The summed E-state index contributed by atoms with van der Waals surface area (Å²) in [6.07, 6.45) is -11.7. The van der Waals surface area contributed by atoms with E-state index in [0.717, 1.165) is 22.3 Å². The van der Waals surface area contributed by atoms with Gasteiger partial charge in [0.1, 0.15) is 49.8 Å². The van der Waals surface area contributed by atoms with Crippen LogP contribution in [0.15, 0.2) is 132 Å². The zero-order valence-corrected chi connectivity index (χ0v) is 47.8. The molecule has 0 aliphatic carbocycles. The Bertz CT molecular complexity index is 2690. The van der Waals surface area contributed by atoms with Gasteiger partial charge in [0.25, 0.3) is 0 Å². The second kappa shape index (κ2) is 29.3. The lowest BCUT2D eigenvalue weighted by molar-refractivity contribution is -0.367. The van der Waals surface area contributed by atoms with E-state index >= 15 is 0 Å². The molecule has 0 saturated carbocycles. The van der Waals surface area contributed by atoms with Crippen LogP contribution >= 0.6 is 0 Å².